The molecule has 3 N–H and O–H groups in total. The smallest absolute Gasteiger partial charge is 0.233 e. The molecule has 2 bridgehead atoms. The standard InChI is InChI=1S/C24H24N4O3/c25-24(27-17-5-4-8-19(14-17)31-18-6-2-1-3-7-18)26-11-12-28-22(29)20-15-9-10-16(13-15)21(20)23(28)30/h1-10,14-16,20-21H,11-13H2,(H3,25,26,27). The Morgan fingerprint density at radius 2 is 1.68 bits per heavy atom. The van der Waals surface area contributed by atoms with Crippen molar-refractivity contribution in [2.45, 2.75) is 6.42 Å². The highest BCUT2D eigenvalue weighted by Crippen LogP contribution is 2.52. The monoisotopic (exact) mass is 416 g/mol. The second-order valence-electron chi connectivity index (χ2n) is 8.16. The number of fused-ring (bicyclic) bond motifs is 5. The van der Waals surface area contributed by atoms with Crippen LogP contribution in [0.4, 0.5) is 5.69 Å². The highest BCUT2D eigenvalue weighted by molar-refractivity contribution is 6.06. The number of para-hydroxylation sites is 1. The summed E-state index contributed by atoms with van der Waals surface area (Å²) in [6, 6.07) is 16.9. The van der Waals surface area contributed by atoms with Gasteiger partial charge < -0.3 is 15.8 Å². The molecule has 1 saturated carbocycles. The van der Waals surface area contributed by atoms with Gasteiger partial charge >= 0.3 is 0 Å². The van der Waals surface area contributed by atoms with Crippen LogP contribution in [0.15, 0.2) is 71.7 Å². The quantitative estimate of drug-likeness (QED) is 0.327. The van der Waals surface area contributed by atoms with Gasteiger partial charge in [0.05, 0.1) is 18.4 Å². The summed E-state index contributed by atoms with van der Waals surface area (Å²) in [6.45, 7) is 0.516. The molecule has 2 aromatic carbocycles. The van der Waals surface area contributed by atoms with Crippen LogP contribution in [-0.2, 0) is 9.59 Å². The van der Waals surface area contributed by atoms with Crippen LogP contribution in [0.2, 0.25) is 0 Å². The average Bonchev–Trinajstić information content (AvgIpc) is 3.44. The lowest BCUT2D eigenvalue weighted by Crippen LogP contribution is -2.35. The number of imide groups is 1. The van der Waals surface area contributed by atoms with Crippen molar-refractivity contribution < 1.29 is 14.3 Å². The largest absolute Gasteiger partial charge is 0.457 e. The molecule has 0 radical (unpaired) electrons. The molecular formula is C24H24N4O3. The first-order valence-corrected chi connectivity index (χ1v) is 10.5. The number of aliphatic imine (C=N–C) groups is 1. The van der Waals surface area contributed by atoms with Crippen LogP contribution in [0.5, 0.6) is 11.5 Å². The van der Waals surface area contributed by atoms with E-state index in [-0.39, 0.29) is 54.5 Å². The van der Waals surface area contributed by atoms with Gasteiger partial charge in [0.25, 0.3) is 0 Å². The first-order chi connectivity index (χ1) is 15.1. The first kappa shape index (κ1) is 19.4. The number of nitrogens with one attached hydrogen (secondary N) is 1. The summed E-state index contributed by atoms with van der Waals surface area (Å²) in [5, 5.41) is 3.03. The van der Waals surface area contributed by atoms with E-state index in [0.29, 0.717) is 5.75 Å². The van der Waals surface area contributed by atoms with Crippen molar-refractivity contribution >= 4 is 23.5 Å². The summed E-state index contributed by atoms with van der Waals surface area (Å²) in [5.41, 5.74) is 6.74. The third-order valence-corrected chi connectivity index (χ3v) is 6.25. The molecule has 1 aliphatic heterocycles. The Balaban J connectivity index is 1.17. The predicted molar refractivity (Wildman–Crippen MR) is 118 cm³/mol. The number of allylic oxidation sites excluding steroid dienone is 2. The molecule has 1 heterocycles. The fraction of sp³-hybridized carbons (Fsp3) is 0.292. The molecule has 4 atom stereocenters. The van der Waals surface area contributed by atoms with Gasteiger partial charge in [0.15, 0.2) is 5.96 Å². The molecule has 2 amide bonds. The third-order valence-electron chi connectivity index (χ3n) is 6.25. The number of hydrogen-bond donors (Lipinski definition) is 2. The minimum atomic E-state index is -0.172. The van der Waals surface area contributed by atoms with E-state index < -0.39 is 0 Å². The Morgan fingerprint density at radius 1 is 1.00 bits per heavy atom. The topological polar surface area (TPSA) is 97.0 Å². The normalized spacial score (nSPS) is 26.5. The Kier molecular flexibility index (Phi) is 4.94. The summed E-state index contributed by atoms with van der Waals surface area (Å²) >= 11 is 0. The van der Waals surface area contributed by atoms with Crippen molar-refractivity contribution in [3.05, 3.63) is 66.7 Å². The molecule has 2 fully saturated rings. The summed E-state index contributed by atoms with van der Waals surface area (Å²) in [7, 11) is 0. The number of rotatable bonds is 6. The van der Waals surface area contributed by atoms with Gasteiger partial charge in [-0.05, 0) is 42.5 Å². The lowest BCUT2D eigenvalue weighted by atomic mass is 9.85. The molecule has 0 spiro atoms. The molecule has 2 aliphatic carbocycles. The van der Waals surface area contributed by atoms with Crippen molar-refractivity contribution in [3.8, 4) is 11.5 Å². The molecular weight excluding hydrogens is 392 g/mol. The number of nitrogens with zero attached hydrogens (tertiary/aromatic N) is 2. The molecule has 5 rings (SSSR count). The maximum Gasteiger partial charge on any atom is 0.233 e. The van der Waals surface area contributed by atoms with Crippen molar-refractivity contribution in [3.63, 3.8) is 0 Å². The second kappa shape index (κ2) is 7.91. The number of ether oxygens (including phenoxy) is 1. The van der Waals surface area contributed by atoms with Crippen LogP contribution in [0.1, 0.15) is 6.42 Å². The van der Waals surface area contributed by atoms with Gasteiger partial charge in [0.2, 0.25) is 11.8 Å². The van der Waals surface area contributed by atoms with Crippen LogP contribution in [0, 0.1) is 23.7 Å². The van der Waals surface area contributed by atoms with Crippen molar-refractivity contribution in [2.24, 2.45) is 34.4 Å². The molecule has 4 unspecified atom stereocenters. The molecule has 3 aliphatic rings. The van der Waals surface area contributed by atoms with Crippen molar-refractivity contribution in [2.75, 3.05) is 18.4 Å². The number of benzene rings is 2. The second-order valence-corrected chi connectivity index (χ2v) is 8.16. The summed E-state index contributed by atoms with van der Waals surface area (Å²) in [4.78, 5) is 31.1. The maximum atomic E-state index is 12.7. The van der Waals surface area contributed by atoms with Crippen LogP contribution >= 0.6 is 0 Å². The number of carbonyl (C=O) groups excluding carboxylic acids is 2. The molecule has 0 aromatic heterocycles. The van der Waals surface area contributed by atoms with Gasteiger partial charge in [-0.3, -0.25) is 19.5 Å². The molecule has 7 heteroatoms. The molecule has 7 nitrogen and oxygen atoms in total. The minimum Gasteiger partial charge on any atom is -0.457 e. The van der Waals surface area contributed by atoms with E-state index in [0.717, 1.165) is 17.9 Å². The van der Waals surface area contributed by atoms with E-state index in [1.165, 1.54) is 4.90 Å². The fourth-order valence-corrected chi connectivity index (χ4v) is 4.90. The van der Waals surface area contributed by atoms with E-state index in [2.05, 4.69) is 22.5 Å². The van der Waals surface area contributed by atoms with E-state index in [4.69, 9.17) is 10.5 Å². The van der Waals surface area contributed by atoms with Gasteiger partial charge in [-0.2, -0.15) is 0 Å². The maximum absolute atomic E-state index is 12.7. The van der Waals surface area contributed by atoms with E-state index in [9.17, 15) is 9.59 Å². The predicted octanol–water partition coefficient (Wildman–Crippen LogP) is 3.01. The minimum absolute atomic E-state index is 0.0562. The van der Waals surface area contributed by atoms with Gasteiger partial charge in [-0.15, -0.1) is 0 Å². The lowest BCUT2D eigenvalue weighted by Gasteiger charge is -2.16. The molecule has 31 heavy (non-hydrogen) atoms. The Bertz CT molecular complexity index is 1040. The average molecular weight is 416 g/mol. The number of carbonyl (C=O) groups is 2. The van der Waals surface area contributed by atoms with Gasteiger partial charge in [0, 0.05) is 18.3 Å². The van der Waals surface area contributed by atoms with Gasteiger partial charge in [0.1, 0.15) is 11.5 Å². The van der Waals surface area contributed by atoms with Crippen LogP contribution in [0.25, 0.3) is 0 Å². The van der Waals surface area contributed by atoms with E-state index in [1.54, 1.807) is 0 Å². The number of likely N-dealkylation sites (tertiary alicyclic amines) is 1. The molecule has 2 aromatic rings. The van der Waals surface area contributed by atoms with E-state index in [1.807, 2.05) is 54.6 Å². The Morgan fingerprint density at radius 3 is 2.39 bits per heavy atom. The Hall–Kier alpha value is -3.61. The molecule has 1 saturated heterocycles. The lowest BCUT2D eigenvalue weighted by molar-refractivity contribution is -0.140. The zero-order valence-corrected chi connectivity index (χ0v) is 17.0. The number of anilines is 1. The van der Waals surface area contributed by atoms with Crippen molar-refractivity contribution in [1.29, 1.82) is 0 Å². The van der Waals surface area contributed by atoms with Crippen LogP contribution < -0.4 is 15.8 Å². The first-order valence-electron chi connectivity index (χ1n) is 10.5. The summed E-state index contributed by atoms with van der Waals surface area (Å²) < 4.78 is 5.82. The van der Waals surface area contributed by atoms with E-state index >= 15 is 0 Å². The van der Waals surface area contributed by atoms with Crippen LogP contribution in [0.3, 0.4) is 0 Å². The SMILES string of the molecule is NC(=NCCN1C(=O)C2C3C=CC(C3)C2C1=O)Nc1cccc(Oc2ccccc2)c1. The van der Waals surface area contributed by atoms with Gasteiger partial charge in [-0.1, -0.05) is 36.4 Å². The Labute approximate surface area is 180 Å². The summed E-state index contributed by atoms with van der Waals surface area (Å²) in [6.07, 6.45) is 5.12. The number of hydrogen-bond acceptors (Lipinski definition) is 4. The number of amides is 2. The molecule has 158 valence electrons. The third kappa shape index (κ3) is 3.67. The van der Waals surface area contributed by atoms with Crippen molar-refractivity contribution in [1.82, 2.24) is 4.90 Å². The number of guanidine groups is 1. The zero-order chi connectivity index (χ0) is 21.4. The number of nitrogens with two attached hydrogens (primary N) is 1. The highest BCUT2D eigenvalue weighted by Gasteiger charge is 2.58. The van der Waals surface area contributed by atoms with Crippen LogP contribution in [-0.4, -0.2) is 35.8 Å². The fourth-order valence-electron chi connectivity index (χ4n) is 4.90. The highest BCUT2D eigenvalue weighted by atomic mass is 16.5. The van der Waals surface area contributed by atoms with Gasteiger partial charge in [-0.25, -0.2) is 0 Å². The zero-order valence-electron chi connectivity index (χ0n) is 17.0. The summed E-state index contributed by atoms with van der Waals surface area (Å²) in [5.74, 6) is 1.62.